The molecular weight excluding hydrogens is 302 g/mol. The molecule has 100 valence electrons. The number of thioether (sulfide) groups is 1. The van der Waals surface area contributed by atoms with Crippen LogP contribution in [0.2, 0.25) is 0 Å². The number of nitrogens with one attached hydrogen (secondary N) is 2. The Bertz CT molecular complexity index is 502. The van der Waals surface area contributed by atoms with E-state index in [2.05, 4.69) is 10.7 Å². The van der Waals surface area contributed by atoms with Crippen molar-refractivity contribution in [3.8, 4) is 5.75 Å². The summed E-state index contributed by atoms with van der Waals surface area (Å²) in [5, 5.41) is 4.55. The molecule has 5 nitrogen and oxygen atoms in total. The molecule has 1 saturated heterocycles. The molecule has 0 aliphatic carbocycles. The average Bonchev–Trinajstić information content (AvgIpc) is 2.71. The molecule has 1 fully saturated rings. The fourth-order valence-electron chi connectivity index (χ4n) is 1.40. The summed E-state index contributed by atoms with van der Waals surface area (Å²) in [6.45, 7) is 0. The summed E-state index contributed by atoms with van der Waals surface area (Å²) in [4.78, 5) is 11.5. The van der Waals surface area contributed by atoms with E-state index in [0.29, 0.717) is 15.2 Å². The monoisotopic (exact) mass is 313 g/mol. The topological polar surface area (TPSA) is 53.6 Å². The van der Waals surface area contributed by atoms with Gasteiger partial charge in [0.2, 0.25) is 0 Å². The number of carbonyl (C=O) groups is 1. The summed E-state index contributed by atoms with van der Waals surface area (Å²) in [6.07, 6.45) is 0. The summed E-state index contributed by atoms with van der Waals surface area (Å²) in [5.74, 6) is 1.00. The standard InChI is InChI=1S/C11H11N3O2S3/c1-16-8-4-2-7(3-5-8)12-10(17)13-14-9(15)6-19-11(14)18/h2-5H,6H2,1H3,(H2,12,13,17). The zero-order valence-electron chi connectivity index (χ0n) is 10.0. The molecule has 0 atom stereocenters. The third-order valence-electron chi connectivity index (χ3n) is 2.31. The van der Waals surface area contributed by atoms with Crippen LogP contribution in [0, 0.1) is 0 Å². The van der Waals surface area contributed by atoms with Gasteiger partial charge in [-0.2, -0.15) is 0 Å². The Morgan fingerprint density at radius 2 is 2.11 bits per heavy atom. The van der Waals surface area contributed by atoms with E-state index >= 15 is 0 Å². The first-order valence-electron chi connectivity index (χ1n) is 5.31. The van der Waals surface area contributed by atoms with Crippen LogP contribution >= 0.6 is 36.2 Å². The largest absolute Gasteiger partial charge is 0.497 e. The van der Waals surface area contributed by atoms with Gasteiger partial charge in [0.25, 0.3) is 5.91 Å². The zero-order valence-corrected chi connectivity index (χ0v) is 12.5. The van der Waals surface area contributed by atoms with Crippen LogP contribution < -0.4 is 15.5 Å². The maximum atomic E-state index is 11.5. The van der Waals surface area contributed by atoms with Crippen LogP contribution in [0.3, 0.4) is 0 Å². The van der Waals surface area contributed by atoms with Crippen molar-refractivity contribution in [2.45, 2.75) is 0 Å². The van der Waals surface area contributed by atoms with Gasteiger partial charge in [-0.3, -0.25) is 10.2 Å². The number of carbonyl (C=O) groups excluding carboxylic acids is 1. The molecule has 1 aromatic rings. The summed E-state index contributed by atoms with van der Waals surface area (Å²) >= 11 is 11.5. The lowest BCUT2D eigenvalue weighted by Crippen LogP contribution is -2.46. The van der Waals surface area contributed by atoms with Gasteiger partial charge in [0.05, 0.1) is 12.9 Å². The molecule has 1 amide bonds. The number of rotatable bonds is 3. The first-order chi connectivity index (χ1) is 9.10. The second-order valence-corrected chi connectivity index (χ2v) is 5.60. The van der Waals surface area contributed by atoms with Gasteiger partial charge in [0, 0.05) is 5.69 Å². The number of methoxy groups -OCH3 is 1. The Labute approximate surface area is 125 Å². The van der Waals surface area contributed by atoms with Crippen molar-refractivity contribution in [2.75, 3.05) is 18.2 Å². The van der Waals surface area contributed by atoms with E-state index in [1.807, 2.05) is 24.3 Å². The number of ether oxygens (including phenoxy) is 1. The van der Waals surface area contributed by atoms with Crippen LogP contribution in [0.1, 0.15) is 0 Å². The minimum absolute atomic E-state index is 0.103. The molecule has 0 unspecified atom stereocenters. The molecule has 1 aliphatic rings. The average molecular weight is 313 g/mol. The third-order valence-corrected chi connectivity index (χ3v) is 3.86. The summed E-state index contributed by atoms with van der Waals surface area (Å²) in [5.41, 5.74) is 3.56. The van der Waals surface area contributed by atoms with E-state index in [1.165, 1.54) is 16.8 Å². The quantitative estimate of drug-likeness (QED) is 0.825. The lowest BCUT2D eigenvalue weighted by molar-refractivity contribution is -0.125. The molecule has 1 heterocycles. The minimum atomic E-state index is -0.103. The van der Waals surface area contributed by atoms with E-state index in [0.717, 1.165) is 11.4 Å². The molecule has 0 radical (unpaired) electrons. The molecule has 1 aliphatic heterocycles. The van der Waals surface area contributed by atoms with Crippen LogP contribution in [0.15, 0.2) is 24.3 Å². The highest BCUT2D eigenvalue weighted by Crippen LogP contribution is 2.18. The van der Waals surface area contributed by atoms with E-state index < -0.39 is 0 Å². The van der Waals surface area contributed by atoms with E-state index in [4.69, 9.17) is 29.2 Å². The Hall–Kier alpha value is -1.38. The van der Waals surface area contributed by atoms with Crippen molar-refractivity contribution in [3.63, 3.8) is 0 Å². The minimum Gasteiger partial charge on any atom is -0.497 e. The normalized spacial score (nSPS) is 14.5. The van der Waals surface area contributed by atoms with Crippen LogP contribution in [0.4, 0.5) is 5.69 Å². The molecule has 1 aromatic carbocycles. The highest BCUT2D eigenvalue weighted by molar-refractivity contribution is 8.23. The van der Waals surface area contributed by atoms with Gasteiger partial charge < -0.3 is 10.1 Å². The molecule has 0 saturated carbocycles. The van der Waals surface area contributed by atoms with Crippen LogP contribution in [-0.2, 0) is 4.79 Å². The number of amides is 1. The zero-order chi connectivity index (χ0) is 13.8. The van der Waals surface area contributed by atoms with E-state index in [-0.39, 0.29) is 5.91 Å². The van der Waals surface area contributed by atoms with Crippen molar-refractivity contribution in [1.29, 1.82) is 0 Å². The lowest BCUT2D eigenvalue weighted by Gasteiger charge is -2.18. The second-order valence-electron chi connectivity index (χ2n) is 3.58. The molecule has 2 rings (SSSR count). The Balaban J connectivity index is 1.93. The molecular formula is C11H11N3O2S3. The number of anilines is 1. The third kappa shape index (κ3) is 3.55. The molecule has 2 N–H and O–H groups in total. The lowest BCUT2D eigenvalue weighted by atomic mass is 10.3. The molecule has 19 heavy (non-hydrogen) atoms. The Morgan fingerprint density at radius 1 is 1.42 bits per heavy atom. The number of thiocarbonyl (C=S) groups is 2. The fourth-order valence-corrected chi connectivity index (χ4v) is 2.58. The first kappa shape index (κ1) is 14.0. The van der Waals surface area contributed by atoms with E-state index in [1.54, 1.807) is 7.11 Å². The molecule has 8 heteroatoms. The fraction of sp³-hybridized carbons (Fsp3) is 0.182. The Kier molecular flexibility index (Phi) is 4.56. The van der Waals surface area contributed by atoms with Crippen molar-refractivity contribution in [2.24, 2.45) is 0 Å². The molecule has 0 aromatic heterocycles. The Morgan fingerprint density at radius 3 is 2.63 bits per heavy atom. The first-order valence-corrected chi connectivity index (χ1v) is 7.12. The maximum Gasteiger partial charge on any atom is 0.257 e. The number of hydrazine groups is 1. The number of benzene rings is 1. The van der Waals surface area contributed by atoms with Gasteiger partial charge in [-0.1, -0.05) is 24.0 Å². The predicted octanol–water partition coefficient (Wildman–Crippen LogP) is 1.76. The van der Waals surface area contributed by atoms with Crippen LogP contribution in [0.5, 0.6) is 5.75 Å². The van der Waals surface area contributed by atoms with Crippen molar-refractivity contribution in [3.05, 3.63) is 24.3 Å². The molecule has 0 bridgehead atoms. The van der Waals surface area contributed by atoms with Gasteiger partial charge in [-0.05, 0) is 36.5 Å². The van der Waals surface area contributed by atoms with Gasteiger partial charge in [0.15, 0.2) is 9.43 Å². The van der Waals surface area contributed by atoms with Crippen molar-refractivity contribution in [1.82, 2.24) is 10.4 Å². The smallest absolute Gasteiger partial charge is 0.257 e. The van der Waals surface area contributed by atoms with E-state index in [9.17, 15) is 4.79 Å². The molecule has 0 spiro atoms. The van der Waals surface area contributed by atoms with Crippen LogP contribution in [0.25, 0.3) is 0 Å². The second kappa shape index (κ2) is 6.18. The highest BCUT2D eigenvalue weighted by atomic mass is 32.2. The predicted molar refractivity (Wildman–Crippen MR) is 84.3 cm³/mol. The van der Waals surface area contributed by atoms with Gasteiger partial charge >= 0.3 is 0 Å². The summed E-state index contributed by atoms with van der Waals surface area (Å²) < 4.78 is 5.54. The maximum absolute atomic E-state index is 11.5. The highest BCUT2D eigenvalue weighted by Gasteiger charge is 2.27. The SMILES string of the molecule is COc1ccc(NC(=S)NN2C(=O)CSC2=S)cc1. The van der Waals surface area contributed by atoms with Gasteiger partial charge in [0.1, 0.15) is 5.75 Å². The number of hydrogen-bond acceptors (Lipinski definition) is 5. The summed E-state index contributed by atoms with van der Waals surface area (Å²) in [7, 11) is 1.60. The summed E-state index contributed by atoms with van der Waals surface area (Å²) in [6, 6.07) is 7.27. The van der Waals surface area contributed by atoms with Crippen molar-refractivity contribution < 1.29 is 9.53 Å². The van der Waals surface area contributed by atoms with Gasteiger partial charge in [-0.15, -0.1) is 0 Å². The van der Waals surface area contributed by atoms with Gasteiger partial charge in [-0.25, -0.2) is 5.01 Å². The van der Waals surface area contributed by atoms with Crippen LogP contribution in [-0.4, -0.2) is 33.2 Å². The van der Waals surface area contributed by atoms with Crippen molar-refractivity contribution >= 4 is 57.2 Å². The number of nitrogens with zero attached hydrogens (tertiary/aromatic N) is 1. The number of hydrogen-bond donors (Lipinski definition) is 2.